The van der Waals surface area contributed by atoms with Gasteiger partial charge in [0.05, 0.1) is 11.0 Å². The Bertz CT molecular complexity index is 1260. The minimum atomic E-state index is -4.97. The second kappa shape index (κ2) is 8.57. The molecule has 1 heterocycles. The van der Waals surface area contributed by atoms with Gasteiger partial charge >= 0.3 is 6.18 Å². The van der Waals surface area contributed by atoms with E-state index in [1.165, 1.54) is 37.3 Å². The van der Waals surface area contributed by atoms with Crippen molar-refractivity contribution in [3.8, 4) is 0 Å². The largest absolute Gasteiger partial charge is 0.438 e. The number of nitrogens with zero attached hydrogens (tertiary/aromatic N) is 2. The Morgan fingerprint density at radius 3 is 2.22 bits per heavy atom. The molecule has 0 aliphatic heterocycles. The summed E-state index contributed by atoms with van der Waals surface area (Å²) < 4.78 is 41.5. The van der Waals surface area contributed by atoms with Crippen LogP contribution in [-0.4, -0.2) is 21.2 Å². The molecule has 1 atom stereocenters. The Hall–Kier alpha value is -3.49. The molecule has 168 valence electrons. The molecule has 0 aliphatic rings. The summed E-state index contributed by atoms with van der Waals surface area (Å²) in [4.78, 5) is 40.9. The first kappa shape index (κ1) is 23.2. The summed E-state index contributed by atoms with van der Waals surface area (Å²) in [5.74, 6) is -0.793. The summed E-state index contributed by atoms with van der Waals surface area (Å²) in [6, 6.07) is 7.93. The lowest BCUT2D eigenvalue weighted by Gasteiger charge is -2.22. The lowest BCUT2D eigenvalue weighted by Crippen LogP contribution is -2.37. The Morgan fingerprint density at radius 1 is 1.09 bits per heavy atom. The van der Waals surface area contributed by atoms with Gasteiger partial charge in [0, 0.05) is 11.3 Å². The fraction of sp³-hybridized carbons (Fsp3) is 0.304. The fourth-order valence-corrected chi connectivity index (χ4v) is 3.45. The number of carbonyl (C=O) groups is 2. The van der Waals surface area contributed by atoms with Crippen LogP contribution in [0.4, 0.5) is 18.9 Å². The zero-order valence-corrected chi connectivity index (χ0v) is 18.0. The van der Waals surface area contributed by atoms with Crippen LogP contribution in [0, 0.1) is 13.8 Å². The quantitative estimate of drug-likeness (QED) is 0.571. The number of halogens is 3. The number of fused-ring (bicyclic) bond motifs is 1. The Balaban J connectivity index is 2.14. The van der Waals surface area contributed by atoms with Crippen molar-refractivity contribution in [1.29, 1.82) is 0 Å². The molecule has 0 saturated carbocycles. The molecule has 3 aromatic rings. The predicted molar refractivity (Wildman–Crippen MR) is 115 cm³/mol. The predicted octanol–water partition coefficient (Wildman–Crippen LogP) is 4.82. The van der Waals surface area contributed by atoms with E-state index in [0.29, 0.717) is 16.8 Å². The third-order valence-corrected chi connectivity index (χ3v) is 5.33. The highest BCUT2D eigenvalue weighted by Crippen LogP contribution is 2.29. The van der Waals surface area contributed by atoms with Crippen molar-refractivity contribution in [2.45, 2.75) is 46.3 Å². The highest BCUT2D eigenvalue weighted by atomic mass is 19.4. The number of ketones is 1. The van der Waals surface area contributed by atoms with Crippen LogP contribution < -0.4 is 10.9 Å². The zero-order chi connectivity index (χ0) is 23.8. The minimum Gasteiger partial charge on any atom is -0.324 e. The fourth-order valence-electron chi connectivity index (χ4n) is 3.45. The maximum Gasteiger partial charge on any atom is 0.438 e. The van der Waals surface area contributed by atoms with E-state index in [-0.39, 0.29) is 23.2 Å². The first-order valence-electron chi connectivity index (χ1n) is 9.96. The van der Waals surface area contributed by atoms with Crippen molar-refractivity contribution in [2.24, 2.45) is 0 Å². The van der Waals surface area contributed by atoms with Crippen LogP contribution in [0.2, 0.25) is 0 Å². The molecule has 0 fully saturated rings. The normalized spacial score (nSPS) is 12.6. The number of hydrogen-bond acceptors (Lipinski definition) is 4. The molecule has 0 unspecified atom stereocenters. The molecule has 0 spiro atoms. The second-order valence-corrected chi connectivity index (χ2v) is 7.61. The number of carbonyl (C=O) groups excluding carboxylic acids is 2. The van der Waals surface area contributed by atoms with E-state index in [1.54, 1.807) is 26.8 Å². The standard InChI is InChI=1S/C23H22F3N3O3/c1-5-18(21(31)27-16-8-6-15(7-9-16)14(4)30)29-19-11-13(3)12(2)10-17(19)28-20(22(29)32)23(24,25)26/h6-11,18H,5H2,1-4H3,(H,27,31)/t18-/m0/s1. The molecule has 0 radical (unpaired) electrons. The van der Waals surface area contributed by atoms with Crippen LogP contribution >= 0.6 is 0 Å². The lowest BCUT2D eigenvalue weighted by molar-refractivity contribution is -0.142. The number of hydrogen-bond donors (Lipinski definition) is 1. The van der Waals surface area contributed by atoms with E-state index >= 15 is 0 Å². The van der Waals surface area contributed by atoms with Crippen molar-refractivity contribution in [2.75, 3.05) is 5.32 Å². The van der Waals surface area contributed by atoms with Crippen LogP contribution in [0.5, 0.6) is 0 Å². The third-order valence-electron chi connectivity index (χ3n) is 5.33. The average Bonchev–Trinajstić information content (AvgIpc) is 2.71. The van der Waals surface area contributed by atoms with Gasteiger partial charge in [0.15, 0.2) is 5.78 Å². The van der Waals surface area contributed by atoms with Crippen molar-refractivity contribution >= 4 is 28.4 Å². The van der Waals surface area contributed by atoms with Crippen LogP contribution in [0.3, 0.4) is 0 Å². The van der Waals surface area contributed by atoms with Crippen molar-refractivity contribution in [3.63, 3.8) is 0 Å². The maximum atomic E-state index is 13.6. The molecule has 6 nitrogen and oxygen atoms in total. The van der Waals surface area contributed by atoms with Gasteiger partial charge in [-0.05, 0) is 74.7 Å². The molecular weight excluding hydrogens is 423 g/mol. The van der Waals surface area contributed by atoms with Gasteiger partial charge in [0.25, 0.3) is 5.56 Å². The van der Waals surface area contributed by atoms with Gasteiger partial charge in [-0.1, -0.05) is 6.92 Å². The van der Waals surface area contributed by atoms with E-state index in [1.807, 2.05) is 0 Å². The number of aryl methyl sites for hydroxylation is 2. The minimum absolute atomic E-state index is 0.0166. The topological polar surface area (TPSA) is 81.1 Å². The Morgan fingerprint density at radius 2 is 1.69 bits per heavy atom. The molecule has 1 aromatic heterocycles. The summed E-state index contributed by atoms with van der Waals surface area (Å²) in [6.07, 6.45) is -4.90. The number of anilines is 1. The number of rotatable bonds is 5. The van der Waals surface area contributed by atoms with Gasteiger partial charge in [-0.3, -0.25) is 19.0 Å². The van der Waals surface area contributed by atoms with Gasteiger partial charge in [-0.25, -0.2) is 4.98 Å². The smallest absolute Gasteiger partial charge is 0.324 e. The molecule has 0 saturated heterocycles. The summed E-state index contributed by atoms with van der Waals surface area (Å²) in [7, 11) is 0. The highest BCUT2D eigenvalue weighted by molar-refractivity contribution is 5.97. The number of amides is 1. The zero-order valence-electron chi connectivity index (χ0n) is 18.0. The lowest BCUT2D eigenvalue weighted by atomic mass is 10.1. The van der Waals surface area contributed by atoms with E-state index in [2.05, 4.69) is 10.3 Å². The molecule has 2 aromatic carbocycles. The first-order chi connectivity index (χ1) is 14.9. The second-order valence-electron chi connectivity index (χ2n) is 7.61. The van der Waals surface area contributed by atoms with Crippen LogP contribution in [0.25, 0.3) is 11.0 Å². The summed E-state index contributed by atoms with van der Waals surface area (Å²) in [6.45, 7) is 6.51. The van der Waals surface area contributed by atoms with Gasteiger partial charge < -0.3 is 5.32 Å². The first-order valence-corrected chi connectivity index (χ1v) is 9.96. The molecule has 0 bridgehead atoms. The van der Waals surface area contributed by atoms with Gasteiger partial charge in [0.2, 0.25) is 11.6 Å². The summed E-state index contributed by atoms with van der Waals surface area (Å²) >= 11 is 0. The summed E-state index contributed by atoms with van der Waals surface area (Å²) in [5, 5.41) is 2.62. The van der Waals surface area contributed by atoms with Crippen LogP contribution in [0.15, 0.2) is 41.2 Å². The SMILES string of the molecule is CC[C@@H](C(=O)Nc1ccc(C(C)=O)cc1)n1c(=O)c(C(F)(F)F)nc2cc(C)c(C)cc21. The number of alkyl halides is 3. The van der Waals surface area contributed by atoms with E-state index < -0.39 is 29.4 Å². The molecule has 32 heavy (non-hydrogen) atoms. The third kappa shape index (κ3) is 4.42. The van der Waals surface area contributed by atoms with Crippen LogP contribution in [0.1, 0.15) is 53.5 Å². The van der Waals surface area contributed by atoms with E-state index in [9.17, 15) is 27.6 Å². The van der Waals surface area contributed by atoms with Crippen LogP contribution in [-0.2, 0) is 11.0 Å². The Labute approximate surface area is 182 Å². The number of Topliss-reactive ketones (excluding diaryl/α,β-unsaturated/α-hetero) is 1. The van der Waals surface area contributed by atoms with Gasteiger partial charge in [-0.15, -0.1) is 0 Å². The number of aromatic nitrogens is 2. The van der Waals surface area contributed by atoms with E-state index in [4.69, 9.17) is 0 Å². The van der Waals surface area contributed by atoms with Gasteiger partial charge in [0.1, 0.15) is 6.04 Å². The monoisotopic (exact) mass is 445 g/mol. The van der Waals surface area contributed by atoms with Crippen molar-refractivity contribution < 1.29 is 22.8 Å². The number of nitrogens with one attached hydrogen (secondary N) is 1. The van der Waals surface area contributed by atoms with E-state index in [0.717, 1.165) is 10.1 Å². The molecular formula is C23H22F3N3O3. The maximum absolute atomic E-state index is 13.6. The van der Waals surface area contributed by atoms with Gasteiger partial charge in [-0.2, -0.15) is 13.2 Å². The molecule has 0 aliphatic carbocycles. The Kier molecular flexibility index (Phi) is 6.20. The molecule has 1 N–H and O–H groups in total. The summed E-state index contributed by atoms with van der Waals surface area (Å²) in [5.41, 5.74) is -0.529. The average molecular weight is 445 g/mol. The molecule has 3 rings (SSSR count). The molecule has 9 heteroatoms. The van der Waals surface area contributed by atoms with Crippen molar-refractivity contribution in [3.05, 3.63) is 69.1 Å². The van der Waals surface area contributed by atoms with Crippen molar-refractivity contribution in [1.82, 2.24) is 9.55 Å². The number of benzene rings is 2. The highest BCUT2D eigenvalue weighted by Gasteiger charge is 2.38. The molecule has 1 amide bonds.